The third-order valence-corrected chi connectivity index (χ3v) is 6.01. The molecule has 1 N–H and O–H groups in total. The van der Waals surface area contributed by atoms with Crippen LogP contribution in [-0.2, 0) is 10.2 Å². The number of hydrogen-bond acceptors (Lipinski definition) is 3. The average molecular weight is 262 g/mol. The molecule has 0 aliphatic carbocycles. The highest BCUT2D eigenvalue weighted by Gasteiger charge is 2.48. The van der Waals surface area contributed by atoms with E-state index < -0.39 is 15.8 Å². The predicted molar refractivity (Wildman–Crippen MR) is 65.8 cm³/mol. The fraction of sp³-hybridized carbons (Fsp3) is 1.00. The lowest BCUT2D eigenvalue weighted by Crippen LogP contribution is -2.66. The molecule has 2 aliphatic heterocycles. The van der Waals surface area contributed by atoms with Crippen molar-refractivity contribution in [1.29, 1.82) is 0 Å². The largest absolute Gasteiger partial charge is 0.387 e. The first-order chi connectivity index (χ1) is 7.89. The molecule has 1 atom stereocenters. The summed E-state index contributed by atoms with van der Waals surface area (Å²) in [5.41, 5.74) is -0.800. The van der Waals surface area contributed by atoms with Gasteiger partial charge in [0.15, 0.2) is 0 Å². The standard InChI is InChI=1S/C11H22N2O3S/c1-3-11(14)8-12(9-11)17(15,16)13-7-5-4-6-10(13)2/h10,14H,3-9H2,1-2H3. The van der Waals surface area contributed by atoms with E-state index in [-0.39, 0.29) is 19.1 Å². The fourth-order valence-electron chi connectivity index (χ4n) is 2.56. The summed E-state index contributed by atoms with van der Waals surface area (Å²) in [4.78, 5) is 0. The molecule has 0 bridgehead atoms. The van der Waals surface area contributed by atoms with Crippen molar-refractivity contribution in [3.63, 3.8) is 0 Å². The highest BCUT2D eigenvalue weighted by molar-refractivity contribution is 7.86. The van der Waals surface area contributed by atoms with E-state index in [1.54, 1.807) is 4.31 Å². The van der Waals surface area contributed by atoms with E-state index in [0.29, 0.717) is 13.0 Å². The fourth-order valence-corrected chi connectivity index (χ4v) is 4.58. The molecule has 0 aromatic heterocycles. The molecule has 0 aromatic rings. The Labute approximate surface area is 104 Å². The second-order valence-electron chi connectivity index (χ2n) is 5.31. The predicted octanol–water partition coefficient (Wildman–Crippen LogP) is 0.562. The van der Waals surface area contributed by atoms with Crippen LogP contribution in [0.25, 0.3) is 0 Å². The molecule has 0 radical (unpaired) electrons. The molecule has 2 heterocycles. The van der Waals surface area contributed by atoms with Gasteiger partial charge in [0.2, 0.25) is 0 Å². The van der Waals surface area contributed by atoms with Crippen LogP contribution in [0.1, 0.15) is 39.5 Å². The van der Waals surface area contributed by atoms with Gasteiger partial charge in [0, 0.05) is 25.7 Å². The van der Waals surface area contributed by atoms with Gasteiger partial charge in [-0.1, -0.05) is 13.3 Å². The summed E-state index contributed by atoms with van der Waals surface area (Å²) in [6.07, 6.45) is 3.58. The summed E-state index contributed by atoms with van der Waals surface area (Å²) in [6.45, 7) is 4.95. The van der Waals surface area contributed by atoms with Crippen molar-refractivity contribution in [2.24, 2.45) is 0 Å². The highest BCUT2D eigenvalue weighted by atomic mass is 32.2. The van der Waals surface area contributed by atoms with Gasteiger partial charge in [0.25, 0.3) is 10.2 Å². The van der Waals surface area contributed by atoms with Crippen molar-refractivity contribution in [3.8, 4) is 0 Å². The third-order valence-electron chi connectivity index (χ3n) is 3.96. The van der Waals surface area contributed by atoms with Crippen molar-refractivity contribution in [1.82, 2.24) is 8.61 Å². The SMILES string of the molecule is CCC1(O)CN(S(=O)(=O)N2CCCCC2C)C1. The zero-order chi connectivity index (χ0) is 12.7. The summed E-state index contributed by atoms with van der Waals surface area (Å²) in [6, 6.07) is 0.0871. The van der Waals surface area contributed by atoms with Crippen molar-refractivity contribution in [3.05, 3.63) is 0 Å². The summed E-state index contributed by atoms with van der Waals surface area (Å²) in [7, 11) is -3.35. The van der Waals surface area contributed by atoms with Crippen molar-refractivity contribution in [2.45, 2.75) is 51.2 Å². The third kappa shape index (κ3) is 2.36. The lowest BCUT2D eigenvalue weighted by atomic mass is 9.94. The van der Waals surface area contributed by atoms with Crippen molar-refractivity contribution >= 4 is 10.2 Å². The van der Waals surface area contributed by atoms with Crippen LogP contribution in [0.15, 0.2) is 0 Å². The number of rotatable bonds is 3. The summed E-state index contributed by atoms with van der Waals surface area (Å²) in [5.74, 6) is 0. The van der Waals surface area contributed by atoms with E-state index in [1.165, 1.54) is 4.31 Å². The molecule has 17 heavy (non-hydrogen) atoms. The Morgan fingerprint density at radius 3 is 2.53 bits per heavy atom. The van der Waals surface area contributed by atoms with E-state index in [9.17, 15) is 13.5 Å². The number of nitrogens with zero attached hydrogens (tertiary/aromatic N) is 2. The summed E-state index contributed by atoms with van der Waals surface area (Å²) in [5, 5.41) is 9.89. The van der Waals surface area contributed by atoms with Crippen molar-refractivity contribution < 1.29 is 13.5 Å². The van der Waals surface area contributed by atoms with Gasteiger partial charge >= 0.3 is 0 Å². The Balaban J connectivity index is 2.05. The molecule has 2 fully saturated rings. The number of hydrogen-bond donors (Lipinski definition) is 1. The molecule has 2 aliphatic rings. The first kappa shape index (κ1) is 13.3. The molecule has 6 heteroatoms. The molecule has 0 saturated carbocycles. The normalized spacial score (nSPS) is 31.1. The van der Waals surface area contributed by atoms with E-state index in [1.807, 2.05) is 13.8 Å². The number of β-amino-alcohol motifs (C(OH)–C–C–N with tert-alkyl or cyclic N) is 1. The zero-order valence-corrected chi connectivity index (χ0v) is 11.4. The molecule has 1 unspecified atom stereocenters. The summed E-state index contributed by atoms with van der Waals surface area (Å²) < 4.78 is 27.6. The maximum absolute atomic E-state index is 12.3. The maximum Gasteiger partial charge on any atom is 0.282 e. The van der Waals surface area contributed by atoms with Gasteiger partial charge in [0.1, 0.15) is 0 Å². The minimum Gasteiger partial charge on any atom is -0.387 e. The minimum atomic E-state index is -3.35. The highest BCUT2D eigenvalue weighted by Crippen LogP contribution is 2.31. The van der Waals surface area contributed by atoms with Crippen LogP contribution in [0.2, 0.25) is 0 Å². The molecule has 5 nitrogen and oxygen atoms in total. The Bertz CT molecular complexity index is 376. The van der Waals surface area contributed by atoms with Crippen LogP contribution >= 0.6 is 0 Å². The first-order valence-electron chi connectivity index (χ1n) is 6.38. The Hall–Kier alpha value is -0.170. The maximum atomic E-state index is 12.3. The van der Waals surface area contributed by atoms with Crippen LogP contribution in [-0.4, -0.2) is 53.4 Å². The van der Waals surface area contributed by atoms with Crippen LogP contribution in [0.4, 0.5) is 0 Å². The topological polar surface area (TPSA) is 60.9 Å². The summed E-state index contributed by atoms with van der Waals surface area (Å²) >= 11 is 0. The number of piperidine rings is 1. The van der Waals surface area contributed by atoms with Gasteiger partial charge < -0.3 is 5.11 Å². The van der Waals surface area contributed by atoms with Gasteiger partial charge in [-0.15, -0.1) is 0 Å². The molecular formula is C11H22N2O3S. The average Bonchev–Trinajstić information content (AvgIpc) is 2.25. The lowest BCUT2D eigenvalue weighted by molar-refractivity contribution is -0.0642. The van der Waals surface area contributed by atoms with E-state index in [0.717, 1.165) is 19.3 Å². The quantitative estimate of drug-likeness (QED) is 0.808. The lowest BCUT2D eigenvalue weighted by Gasteiger charge is -2.47. The van der Waals surface area contributed by atoms with Crippen molar-refractivity contribution in [2.75, 3.05) is 19.6 Å². The Morgan fingerprint density at radius 1 is 1.35 bits per heavy atom. The number of aliphatic hydroxyl groups is 1. The van der Waals surface area contributed by atoms with Gasteiger partial charge in [0.05, 0.1) is 5.60 Å². The molecule has 2 saturated heterocycles. The minimum absolute atomic E-state index is 0.0871. The van der Waals surface area contributed by atoms with E-state index >= 15 is 0 Å². The van der Waals surface area contributed by atoms with Gasteiger partial charge in [-0.25, -0.2) is 0 Å². The monoisotopic (exact) mass is 262 g/mol. The van der Waals surface area contributed by atoms with Gasteiger partial charge in [-0.2, -0.15) is 17.0 Å². The Morgan fingerprint density at radius 2 is 2.00 bits per heavy atom. The molecule has 0 aromatic carbocycles. The van der Waals surface area contributed by atoms with E-state index in [2.05, 4.69) is 0 Å². The molecule has 2 rings (SSSR count). The second kappa shape index (κ2) is 4.50. The second-order valence-corrected chi connectivity index (χ2v) is 7.19. The zero-order valence-electron chi connectivity index (χ0n) is 10.6. The van der Waals surface area contributed by atoms with Crippen LogP contribution in [0.5, 0.6) is 0 Å². The van der Waals surface area contributed by atoms with Crippen LogP contribution in [0.3, 0.4) is 0 Å². The van der Waals surface area contributed by atoms with Gasteiger partial charge in [-0.3, -0.25) is 0 Å². The van der Waals surface area contributed by atoms with E-state index in [4.69, 9.17) is 0 Å². The Kier molecular flexibility index (Phi) is 3.51. The van der Waals surface area contributed by atoms with Crippen LogP contribution < -0.4 is 0 Å². The molecular weight excluding hydrogens is 240 g/mol. The first-order valence-corrected chi connectivity index (χ1v) is 7.78. The molecule has 100 valence electrons. The van der Waals surface area contributed by atoms with Gasteiger partial charge in [-0.05, 0) is 26.2 Å². The smallest absolute Gasteiger partial charge is 0.282 e. The molecule has 0 amide bonds. The molecule has 0 spiro atoms. The van der Waals surface area contributed by atoms with Crippen LogP contribution in [0, 0.1) is 0 Å².